The van der Waals surface area contributed by atoms with Crippen LogP contribution >= 0.6 is 0 Å². The molecule has 1 fully saturated rings. The highest BCUT2D eigenvalue weighted by Gasteiger charge is 2.26. The molecule has 2 aromatic heterocycles. The lowest BCUT2D eigenvalue weighted by Crippen LogP contribution is -2.39. The van der Waals surface area contributed by atoms with E-state index in [0.29, 0.717) is 31.9 Å². The topological polar surface area (TPSA) is 61.5 Å². The molecule has 0 N–H and O–H groups in total. The summed E-state index contributed by atoms with van der Waals surface area (Å²) in [4.78, 5) is 15.1. The minimum atomic E-state index is -0.0638. The minimum Gasteiger partial charge on any atom is -0.497 e. The Morgan fingerprint density at radius 2 is 2.26 bits per heavy atom. The number of hydrogen-bond donors (Lipinski definition) is 0. The number of hydrogen-bond acceptors (Lipinski definition) is 4. The van der Waals surface area contributed by atoms with Crippen LogP contribution in [0.3, 0.4) is 0 Å². The maximum Gasteiger partial charge on any atom is 0.270 e. The highest BCUT2D eigenvalue weighted by atomic mass is 16.5. The maximum atomic E-state index is 13.2. The summed E-state index contributed by atoms with van der Waals surface area (Å²) >= 11 is 0. The molecule has 0 spiro atoms. The van der Waals surface area contributed by atoms with Crippen molar-refractivity contribution in [3.63, 3.8) is 0 Å². The third kappa shape index (κ3) is 3.55. The van der Waals surface area contributed by atoms with Crippen LogP contribution < -0.4 is 4.74 Å². The summed E-state index contributed by atoms with van der Waals surface area (Å²) in [6, 6.07) is 9.68. The molecule has 0 aliphatic carbocycles. The van der Waals surface area contributed by atoms with Gasteiger partial charge in [-0.2, -0.15) is 5.10 Å². The van der Waals surface area contributed by atoms with E-state index in [-0.39, 0.29) is 12.0 Å². The Bertz CT molecular complexity index is 932. The van der Waals surface area contributed by atoms with E-state index in [1.165, 1.54) is 0 Å². The first-order chi connectivity index (χ1) is 13.2. The number of ether oxygens (including phenoxy) is 2. The van der Waals surface area contributed by atoms with Gasteiger partial charge in [-0.05, 0) is 36.8 Å². The summed E-state index contributed by atoms with van der Waals surface area (Å²) in [7, 11) is 3.57. The van der Waals surface area contributed by atoms with E-state index in [9.17, 15) is 4.79 Å². The minimum absolute atomic E-state index is 0.0311. The van der Waals surface area contributed by atoms with Crippen LogP contribution in [0.25, 0.3) is 10.9 Å². The zero-order valence-electron chi connectivity index (χ0n) is 15.7. The molecule has 0 bridgehead atoms. The zero-order valence-corrected chi connectivity index (χ0v) is 15.7. The molecule has 1 aromatic carbocycles. The molecule has 3 aromatic rings. The number of carbonyl (C=O) groups is 1. The fourth-order valence-electron chi connectivity index (χ4n) is 3.63. The van der Waals surface area contributed by atoms with Gasteiger partial charge in [0.2, 0.25) is 0 Å². The molecular formula is C20H24N4O3. The van der Waals surface area contributed by atoms with Crippen molar-refractivity contribution in [2.75, 3.05) is 26.8 Å². The van der Waals surface area contributed by atoms with Crippen LogP contribution in [0.2, 0.25) is 0 Å². The van der Waals surface area contributed by atoms with Crippen LogP contribution in [-0.2, 0) is 18.3 Å². The van der Waals surface area contributed by atoms with E-state index < -0.39 is 0 Å². The van der Waals surface area contributed by atoms with Gasteiger partial charge in [0, 0.05) is 50.0 Å². The summed E-state index contributed by atoms with van der Waals surface area (Å²) in [5, 5.41) is 5.24. The second-order valence-corrected chi connectivity index (χ2v) is 6.84. The molecular weight excluding hydrogens is 344 g/mol. The molecule has 1 amide bonds. The van der Waals surface area contributed by atoms with Gasteiger partial charge in [-0.25, -0.2) is 0 Å². The van der Waals surface area contributed by atoms with E-state index in [0.717, 1.165) is 23.1 Å². The first-order valence-corrected chi connectivity index (χ1v) is 9.17. The number of benzene rings is 1. The van der Waals surface area contributed by atoms with Gasteiger partial charge in [-0.1, -0.05) is 0 Å². The first-order valence-electron chi connectivity index (χ1n) is 9.17. The molecule has 1 aliphatic heterocycles. The Morgan fingerprint density at radius 3 is 3.04 bits per heavy atom. The fraction of sp³-hybridized carbons (Fsp3) is 0.400. The van der Waals surface area contributed by atoms with E-state index in [1.54, 1.807) is 13.3 Å². The second kappa shape index (κ2) is 7.44. The van der Waals surface area contributed by atoms with Crippen LogP contribution in [0.5, 0.6) is 5.75 Å². The highest BCUT2D eigenvalue weighted by Crippen LogP contribution is 2.25. The van der Waals surface area contributed by atoms with E-state index in [1.807, 2.05) is 57.7 Å². The third-order valence-electron chi connectivity index (χ3n) is 5.06. The Kier molecular flexibility index (Phi) is 4.85. The van der Waals surface area contributed by atoms with Gasteiger partial charge in [0.25, 0.3) is 5.91 Å². The molecule has 142 valence electrons. The van der Waals surface area contributed by atoms with Gasteiger partial charge in [-0.3, -0.25) is 9.48 Å². The smallest absolute Gasteiger partial charge is 0.270 e. The van der Waals surface area contributed by atoms with Gasteiger partial charge in [0.15, 0.2) is 0 Å². The number of aromatic nitrogens is 3. The average molecular weight is 368 g/mol. The Morgan fingerprint density at radius 1 is 1.37 bits per heavy atom. The van der Waals surface area contributed by atoms with Gasteiger partial charge in [-0.15, -0.1) is 0 Å². The van der Waals surface area contributed by atoms with Crippen LogP contribution in [0, 0.1) is 0 Å². The van der Waals surface area contributed by atoms with Crippen molar-refractivity contribution < 1.29 is 14.3 Å². The lowest BCUT2D eigenvalue weighted by molar-refractivity contribution is 0.0364. The normalized spacial score (nSPS) is 17.9. The molecule has 0 saturated carbocycles. The maximum absolute atomic E-state index is 13.2. The molecule has 1 saturated heterocycles. The van der Waals surface area contributed by atoms with Crippen molar-refractivity contribution in [1.29, 1.82) is 0 Å². The van der Waals surface area contributed by atoms with E-state index >= 15 is 0 Å². The quantitative estimate of drug-likeness (QED) is 0.709. The Labute approximate surface area is 158 Å². The van der Waals surface area contributed by atoms with Crippen molar-refractivity contribution >= 4 is 16.8 Å². The van der Waals surface area contributed by atoms with E-state index in [2.05, 4.69) is 5.10 Å². The fourth-order valence-corrected chi connectivity index (χ4v) is 3.63. The monoisotopic (exact) mass is 368 g/mol. The van der Waals surface area contributed by atoms with Crippen LogP contribution in [0.4, 0.5) is 0 Å². The van der Waals surface area contributed by atoms with Crippen molar-refractivity contribution in [1.82, 2.24) is 19.2 Å². The average Bonchev–Trinajstić information content (AvgIpc) is 3.23. The predicted molar refractivity (Wildman–Crippen MR) is 102 cm³/mol. The van der Waals surface area contributed by atoms with Crippen molar-refractivity contribution in [2.45, 2.75) is 19.1 Å². The standard InChI is InChI=1S/C20H24N4O3/c1-22-18-6-5-16(26-2)11-15(18)12-19(22)20(25)23-8-4-10-27-17(13-23)14-24-9-3-7-21-24/h3,5-7,9,11-12,17H,4,8,10,13-14H2,1-2H3/t17-/m1/s1. The summed E-state index contributed by atoms with van der Waals surface area (Å²) in [5.74, 6) is 0.818. The van der Waals surface area contributed by atoms with Gasteiger partial charge >= 0.3 is 0 Å². The van der Waals surface area contributed by atoms with Crippen molar-refractivity contribution in [2.24, 2.45) is 7.05 Å². The molecule has 1 atom stereocenters. The molecule has 7 nitrogen and oxygen atoms in total. The number of methoxy groups -OCH3 is 1. The SMILES string of the molecule is COc1ccc2c(c1)cc(C(=O)N1CCCO[C@@H](Cn3cccn3)C1)n2C. The van der Waals surface area contributed by atoms with Crippen molar-refractivity contribution in [3.05, 3.63) is 48.4 Å². The predicted octanol–water partition coefficient (Wildman–Crippen LogP) is 2.31. The molecule has 3 heterocycles. The summed E-state index contributed by atoms with van der Waals surface area (Å²) in [6.07, 6.45) is 4.44. The zero-order chi connectivity index (χ0) is 18.8. The molecule has 0 unspecified atom stereocenters. The third-order valence-corrected chi connectivity index (χ3v) is 5.06. The summed E-state index contributed by atoms with van der Waals surface area (Å²) in [5.41, 5.74) is 1.69. The summed E-state index contributed by atoms with van der Waals surface area (Å²) < 4.78 is 15.0. The van der Waals surface area contributed by atoms with Crippen molar-refractivity contribution in [3.8, 4) is 5.75 Å². The molecule has 0 radical (unpaired) electrons. The van der Waals surface area contributed by atoms with Crippen LogP contribution in [-0.4, -0.2) is 58.1 Å². The first kappa shape index (κ1) is 17.6. The number of carbonyl (C=O) groups excluding carboxylic acids is 1. The second-order valence-electron chi connectivity index (χ2n) is 6.84. The number of aryl methyl sites for hydroxylation is 1. The van der Waals surface area contributed by atoms with Crippen LogP contribution in [0.1, 0.15) is 16.9 Å². The number of fused-ring (bicyclic) bond motifs is 1. The van der Waals surface area contributed by atoms with E-state index in [4.69, 9.17) is 9.47 Å². The van der Waals surface area contributed by atoms with Gasteiger partial charge < -0.3 is 18.9 Å². The number of nitrogens with zero attached hydrogens (tertiary/aromatic N) is 4. The Balaban J connectivity index is 1.57. The number of amides is 1. The van der Waals surface area contributed by atoms with Crippen LogP contribution in [0.15, 0.2) is 42.7 Å². The molecule has 1 aliphatic rings. The highest BCUT2D eigenvalue weighted by molar-refractivity contribution is 5.99. The van der Waals surface area contributed by atoms with Gasteiger partial charge in [0.05, 0.1) is 19.8 Å². The lowest BCUT2D eigenvalue weighted by atomic mass is 10.2. The molecule has 27 heavy (non-hydrogen) atoms. The Hall–Kier alpha value is -2.80. The largest absolute Gasteiger partial charge is 0.497 e. The number of rotatable bonds is 4. The molecule has 4 rings (SSSR count). The summed E-state index contributed by atoms with van der Waals surface area (Å²) in [6.45, 7) is 2.55. The molecule has 7 heteroatoms. The van der Waals surface area contributed by atoms with Gasteiger partial charge in [0.1, 0.15) is 11.4 Å². The lowest BCUT2D eigenvalue weighted by Gasteiger charge is -2.24.